The summed E-state index contributed by atoms with van der Waals surface area (Å²) in [5.41, 5.74) is 1.66. The average Bonchev–Trinajstić information content (AvgIpc) is 3.26. The van der Waals surface area contributed by atoms with Crippen LogP contribution in [0.15, 0.2) is 49.2 Å². The van der Waals surface area contributed by atoms with Crippen LogP contribution in [-0.4, -0.2) is 30.5 Å². The average molecular weight is 324 g/mol. The maximum atomic E-state index is 12.4. The maximum Gasteiger partial charge on any atom is 0.256 e. The highest BCUT2D eigenvalue weighted by Crippen LogP contribution is 2.17. The molecule has 7 heteroatoms. The third kappa shape index (κ3) is 3.51. The highest BCUT2D eigenvalue weighted by Gasteiger charge is 2.12. The number of amides is 1. The van der Waals surface area contributed by atoms with Crippen LogP contribution >= 0.6 is 0 Å². The Morgan fingerprint density at radius 3 is 2.67 bits per heavy atom. The third-order valence-corrected chi connectivity index (χ3v) is 3.95. The third-order valence-electron chi connectivity index (χ3n) is 3.95. The molecule has 1 atom stereocenters. The first-order valence-corrected chi connectivity index (χ1v) is 7.93. The molecule has 0 fully saturated rings. The van der Waals surface area contributed by atoms with E-state index in [0.29, 0.717) is 17.9 Å². The summed E-state index contributed by atoms with van der Waals surface area (Å²) < 4.78 is 3.57. The number of benzene rings is 1. The van der Waals surface area contributed by atoms with Crippen LogP contribution in [0.5, 0.6) is 0 Å². The zero-order chi connectivity index (χ0) is 16.9. The van der Waals surface area contributed by atoms with Gasteiger partial charge in [-0.25, -0.2) is 14.3 Å². The van der Waals surface area contributed by atoms with Crippen LogP contribution in [0, 0.1) is 0 Å². The monoisotopic (exact) mass is 324 g/mol. The van der Waals surface area contributed by atoms with E-state index in [-0.39, 0.29) is 11.9 Å². The molecule has 0 bridgehead atoms. The molecule has 0 aliphatic carbocycles. The van der Waals surface area contributed by atoms with Crippen LogP contribution in [0.2, 0.25) is 0 Å². The number of nitrogens with zero attached hydrogens (tertiary/aromatic N) is 5. The van der Waals surface area contributed by atoms with E-state index in [2.05, 4.69) is 34.3 Å². The molecule has 1 amide bonds. The summed E-state index contributed by atoms with van der Waals surface area (Å²) in [6.45, 7) is 4.79. The quantitative estimate of drug-likeness (QED) is 0.756. The standard InChI is InChI=1S/C17H20N6O/c1-3-13(2)23-16(8-9-19-23)21-17(24)15-6-4-14(5-7-15)10-22-12-18-11-20-22/h4-9,11-13H,3,10H2,1-2H3,(H,21,24). The van der Waals surface area contributed by atoms with Gasteiger partial charge in [0.2, 0.25) is 0 Å². The van der Waals surface area contributed by atoms with Crippen molar-refractivity contribution in [2.75, 3.05) is 5.32 Å². The number of hydrogen-bond acceptors (Lipinski definition) is 4. The Kier molecular flexibility index (Phi) is 4.69. The Bertz CT molecular complexity index is 791. The van der Waals surface area contributed by atoms with Crippen molar-refractivity contribution < 1.29 is 4.79 Å². The summed E-state index contributed by atoms with van der Waals surface area (Å²) in [7, 11) is 0. The van der Waals surface area contributed by atoms with E-state index in [1.54, 1.807) is 17.2 Å². The predicted molar refractivity (Wildman–Crippen MR) is 90.7 cm³/mol. The van der Waals surface area contributed by atoms with Crippen LogP contribution < -0.4 is 5.32 Å². The van der Waals surface area contributed by atoms with Gasteiger partial charge in [0.25, 0.3) is 5.91 Å². The highest BCUT2D eigenvalue weighted by molar-refractivity contribution is 6.03. The lowest BCUT2D eigenvalue weighted by molar-refractivity contribution is 0.102. The minimum absolute atomic E-state index is 0.146. The molecule has 24 heavy (non-hydrogen) atoms. The molecule has 0 saturated heterocycles. The Labute approximate surface area is 140 Å². The highest BCUT2D eigenvalue weighted by atomic mass is 16.1. The second kappa shape index (κ2) is 7.08. The molecule has 1 N–H and O–H groups in total. The Balaban J connectivity index is 1.68. The van der Waals surface area contributed by atoms with Gasteiger partial charge in [0, 0.05) is 11.6 Å². The molecule has 3 rings (SSSR count). The summed E-state index contributed by atoms with van der Waals surface area (Å²) >= 11 is 0. The van der Waals surface area contributed by atoms with E-state index in [9.17, 15) is 4.79 Å². The first kappa shape index (κ1) is 15.9. The number of anilines is 1. The van der Waals surface area contributed by atoms with Crippen molar-refractivity contribution in [1.29, 1.82) is 0 Å². The van der Waals surface area contributed by atoms with Gasteiger partial charge in [-0.15, -0.1) is 0 Å². The van der Waals surface area contributed by atoms with Gasteiger partial charge in [0.15, 0.2) is 0 Å². The van der Waals surface area contributed by atoms with Gasteiger partial charge >= 0.3 is 0 Å². The fraction of sp³-hybridized carbons (Fsp3) is 0.294. The summed E-state index contributed by atoms with van der Waals surface area (Å²) in [4.78, 5) is 16.3. The van der Waals surface area contributed by atoms with Gasteiger partial charge in [-0.3, -0.25) is 4.79 Å². The Morgan fingerprint density at radius 1 is 1.21 bits per heavy atom. The van der Waals surface area contributed by atoms with Crippen molar-refractivity contribution in [2.24, 2.45) is 0 Å². The molecule has 7 nitrogen and oxygen atoms in total. The summed E-state index contributed by atoms with van der Waals surface area (Å²) in [6.07, 6.45) is 5.81. The van der Waals surface area contributed by atoms with E-state index in [1.807, 2.05) is 35.0 Å². The minimum atomic E-state index is -0.146. The zero-order valence-electron chi connectivity index (χ0n) is 13.8. The molecule has 0 spiro atoms. The van der Waals surface area contributed by atoms with Gasteiger partial charge in [0.1, 0.15) is 18.5 Å². The summed E-state index contributed by atoms with van der Waals surface area (Å²) in [6, 6.07) is 9.51. The number of carbonyl (C=O) groups is 1. The summed E-state index contributed by atoms with van der Waals surface area (Å²) in [5, 5.41) is 11.3. The molecule has 2 aromatic heterocycles. The molecule has 0 aliphatic heterocycles. The van der Waals surface area contributed by atoms with Crippen LogP contribution in [0.4, 0.5) is 5.82 Å². The number of carbonyl (C=O) groups excluding carboxylic acids is 1. The second-order valence-electron chi connectivity index (χ2n) is 5.66. The van der Waals surface area contributed by atoms with Gasteiger partial charge in [-0.1, -0.05) is 19.1 Å². The molecule has 3 aromatic rings. The second-order valence-corrected chi connectivity index (χ2v) is 5.66. The SMILES string of the molecule is CCC(C)n1nccc1NC(=O)c1ccc(Cn2cncn2)cc1. The van der Waals surface area contributed by atoms with Gasteiger partial charge in [0.05, 0.1) is 18.8 Å². The molecule has 124 valence electrons. The number of nitrogens with one attached hydrogen (secondary N) is 1. The predicted octanol–water partition coefficient (Wildman–Crippen LogP) is 2.75. The smallest absolute Gasteiger partial charge is 0.256 e. The van der Waals surface area contributed by atoms with Crippen molar-refractivity contribution >= 4 is 11.7 Å². The number of aromatic nitrogens is 5. The van der Waals surface area contributed by atoms with E-state index in [1.165, 1.54) is 6.33 Å². The molecule has 0 radical (unpaired) electrons. The summed E-state index contributed by atoms with van der Waals surface area (Å²) in [5.74, 6) is 0.563. The molecule has 0 aliphatic rings. The largest absolute Gasteiger partial charge is 0.307 e. The van der Waals surface area contributed by atoms with E-state index in [4.69, 9.17) is 0 Å². The van der Waals surface area contributed by atoms with E-state index >= 15 is 0 Å². The van der Waals surface area contributed by atoms with Crippen molar-refractivity contribution in [1.82, 2.24) is 24.5 Å². The van der Waals surface area contributed by atoms with Crippen LogP contribution in [0.3, 0.4) is 0 Å². The Hall–Kier alpha value is -2.96. The minimum Gasteiger partial charge on any atom is -0.307 e. The lowest BCUT2D eigenvalue weighted by atomic mass is 10.1. The maximum absolute atomic E-state index is 12.4. The zero-order valence-corrected chi connectivity index (χ0v) is 13.8. The van der Waals surface area contributed by atoms with E-state index in [0.717, 1.165) is 12.0 Å². The number of rotatable bonds is 6. The number of hydrogen-bond donors (Lipinski definition) is 1. The van der Waals surface area contributed by atoms with Crippen LogP contribution in [0.25, 0.3) is 0 Å². The van der Waals surface area contributed by atoms with Gasteiger partial charge < -0.3 is 5.32 Å². The topological polar surface area (TPSA) is 77.6 Å². The lowest BCUT2D eigenvalue weighted by Crippen LogP contribution is -2.17. The molecular weight excluding hydrogens is 304 g/mol. The van der Waals surface area contributed by atoms with Gasteiger partial charge in [-0.2, -0.15) is 10.2 Å². The van der Waals surface area contributed by atoms with Crippen molar-refractivity contribution in [3.8, 4) is 0 Å². The fourth-order valence-electron chi connectivity index (χ4n) is 2.39. The first-order chi connectivity index (χ1) is 11.7. The normalized spacial score (nSPS) is 12.1. The first-order valence-electron chi connectivity index (χ1n) is 7.93. The van der Waals surface area contributed by atoms with E-state index < -0.39 is 0 Å². The molecular formula is C17H20N6O. The van der Waals surface area contributed by atoms with Crippen molar-refractivity contribution in [3.05, 3.63) is 60.3 Å². The van der Waals surface area contributed by atoms with Crippen molar-refractivity contribution in [3.63, 3.8) is 0 Å². The van der Waals surface area contributed by atoms with Gasteiger partial charge in [-0.05, 0) is 31.0 Å². The Morgan fingerprint density at radius 2 is 2.00 bits per heavy atom. The van der Waals surface area contributed by atoms with Crippen LogP contribution in [-0.2, 0) is 6.54 Å². The van der Waals surface area contributed by atoms with Crippen LogP contribution in [0.1, 0.15) is 42.2 Å². The molecule has 1 unspecified atom stereocenters. The molecule has 1 aromatic carbocycles. The fourth-order valence-corrected chi connectivity index (χ4v) is 2.39. The molecule has 2 heterocycles. The molecule has 0 saturated carbocycles. The van der Waals surface area contributed by atoms with Crippen molar-refractivity contribution in [2.45, 2.75) is 32.9 Å². The lowest BCUT2D eigenvalue weighted by Gasteiger charge is -2.14.